The molecule has 162 valence electrons. The minimum Gasteiger partial charge on any atom is -0.478 e. The molecular formula is C25H22N2O5. The number of carbonyl (C=O) groups excluding carboxylic acids is 2. The zero-order valence-electron chi connectivity index (χ0n) is 17.4. The number of carbonyl (C=O) groups is 3. The maximum Gasteiger partial charge on any atom is 0.407 e. The number of amides is 2. The molecule has 0 unspecified atom stereocenters. The van der Waals surface area contributed by atoms with E-state index in [2.05, 4.69) is 22.8 Å². The van der Waals surface area contributed by atoms with E-state index in [0.717, 1.165) is 22.3 Å². The molecule has 0 saturated carbocycles. The number of aromatic carboxylic acids is 1. The molecule has 7 heteroatoms. The van der Waals surface area contributed by atoms with Crippen LogP contribution in [-0.2, 0) is 9.53 Å². The van der Waals surface area contributed by atoms with Crippen molar-refractivity contribution in [2.75, 3.05) is 18.5 Å². The minimum atomic E-state index is -1.07. The molecule has 1 aliphatic carbocycles. The van der Waals surface area contributed by atoms with E-state index >= 15 is 0 Å². The van der Waals surface area contributed by atoms with E-state index in [1.54, 1.807) is 19.1 Å². The standard InChI is InChI=1S/C25H22N2O5/c1-15-10-11-16(12-21(15)24(29)30)27-23(28)13-26-25(31)32-14-22-19-8-4-2-6-17(19)18-7-3-5-9-20(18)22/h2-12,22H,13-14H2,1H3,(H,26,31)(H,27,28)(H,29,30). The van der Waals surface area contributed by atoms with Crippen molar-refractivity contribution in [3.63, 3.8) is 0 Å². The highest BCUT2D eigenvalue weighted by molar-refractivity contribution is 5.96. The van der Waals surface area contributed by atoms with Crippen molar-refractivity contribution in [3.8, 4) is 11.1 Å². The molecule has 0 atom stereocenters. The number of nitrogens with one attached hydrogen (secondary N) is 2. The maximum absolute atomic E-state index is 12.2. The van der Waals surface area contributed by atoms with Crippen LogP contribution < -0.4 is 10.6 Å². The van der Waals surface area contributed by atoms with E-state index in [4.69, 9.17) is 4.74 Å². The van der Waals surface area contributed by atoms with Crippen molar-refractivity contribution in [1.82, 2.24) is 5.32 Å². The Morgan fingerprint density at radius 2 is 1.56 bits per heavy atom. The largest absolute Gasteiger partial charge is 0.478 e. The molecule has 0 bridgehead atoms. The molecule has 0 aromatic heterocycles. The molecule has 3 N–H and O–H groups in total. The molecule has 32 heavy (non-hydrogen) atoms. The Balaban J connectivity index is 1.32. The summed E-state index contributed by atoms with van der Waals surface area (Å²) in [6.45, 7) is 1.53. The van der Waals surface area contributed by atoms with Gasteiger partial charge in [0.15, 0.2) is 0 Å². The van der Waals surface area contributed by atoms with Crippen LogP contribution in [0.2, 0.25) is 0 Å². The van der Waals surface area contributed by atoms with E-state index in [1.807, 2.05) is 36.4 Å². The van der Waals surface area contributed by atoms with Gasteiger partial charge in [0.25, 0.3) is 0 Å². The van der Waals surface area contributed by atoms with E-state index < -0.39 is 18.0 Å². The van der Waals surface area contributed by atoms with Crippen molar-refractivity contribution < 1.29 is 24.2 Å². The summed E-state index contributed by atoms with van der Waals surface area (Å²) in [5.74, 6) is -1.63. The van der Waals surface area contributed by atoms with Crippen LogP contribution in [0.5, 0.6) is 0 Å². The Kier molecular flexibility index (Phi) is 5.89. The number of alkyl carbamates (subject to hydrolysis) is 1. The van der Waals surface area contributed by atoms with E-state index in [9.17, 15) is 19.5 Å². The first kappa shape index (κ1) is 21.1. The first-order valence-electron chi connectivity index (χ1n) is 10.2. The van der Waals surface area contributed by atoms with Gasteiger partial charge in [0.1, 0.15) is 13.2 Å². The van der Waals surface area contributed by atoms with Crippen LogP contribution in [0.1, 0.15) is 33.0 Å². The fourth-order valence-electron chi connectivity index (χ4n) is 3.94. The first-order valence-corrected chi connectivity index (χ1v) is 10.2. The van der Waals surface area contributed by atoms with Crippen LogP contribution in [0.25, 0.3) is 11.1 Å². The highest BCUT2D eigenvalue weighted by atomic mass is 16.5. The Labute approximate surface area is 185 Å². The first-order chi connectivity index (χ1) is 15.4. The van der Waals surface area contributed by atoms with Crippen molar-refractivity contribution in [3.05, 3.63) is 89.0 Å². The second kappa shape index (κ2) is 8.93. The number of hydrogen-bond donors (Lipinski definition) is 3. The molecule has 2 amide bonds. The fraction of sp³-hybridized carbons (Fsp3) is 0.160. The summed E-state index contributed by atoms with van der Waals surface area (Å²) >= 11 is 0. The van der Waals surface area contributed by atoms with Gasteiger partial charge in [-0.25, -0.2) is 9.59 Å². The molecule has 7 nitrogen and oxygen atoms in total. The van der Waals surface area contributed by atoms with Crippen molar-refractivity contribution in [1.29, 1.82) is 0 Å². The van der Waals surface area contributed by atoms with Gasteiger partial charge in [-0.1, -0.05) is 54.6 Å². The molecule has 0 saturated heterocycles. The molecule has 4 rings (SSSR count). The van der Waals surface area contributed by atoms with Crippen LogP contribution in [0.3, 0.4) is 0 Å². The lowest BCUT2D eigenvalue weighted by atomic mass is 9.98. The summed E-state index contributed by atoms with van der Waals surface area (Å²) in [6, 6.07) is 20.7. The highest BCUT2D eigenvalue weighted by Crippen LogP contribution is 2.44. The molecule has 0 radical (unpaired) electrons. The predicted molar refractivity (Wildman–Crippen MR) is 120 cm³/mol. The molecule has 0 fully saturated rings. The van der Waals surface area contributed by atoms with Gasteiger partial charge in [-0.15, -0.1) is 0 Å². The lowest BCUT2D eigenvalue weighted by Crippen LogP contribution is -2.34. The maximum atomic E-state index is 12.2. The minimum absolute atomic E-state index is 0.0658. The zero-order chi connectivity index (χ0) is 22.7. The highest BCUT2D eigenvalue weighted by Gasteiger charge is 2.29. The zero-order valence-corrected chi connectivity index (χ0v) is 17.4. The van der Waals surface area contributed by atoms with Gasteiger partial charge in [0.2, 0.25) is 5.91 Å². The number of carboxylic acid groups (broad SMARTS) is 1. The summed E-state index contributed by atoms with van der Waals surface area (Å²) < 4.78 is 5.40. The normalized spacial score (nSPS) is 11.9. The third kappa shape index (κ3) is 4.32. The summed E-state index contributed by atoms with van der Waals surface area (Å²) in [4.78, 5) is 35.5. The van der Waals surface area contributed by atoms with Gasteiger partial charge in [-0.3, -0.25) is 4.79 Å². The Bertz CT molecular complexity index is 1160. The summed E-state index contributed by atoms with van der Waals surface area (Å²) in [5.41, 5.74) is 5.51. The van der Waals surface area contributed by atoms with Crippen LogP contribution in [-0.4, -0.2) is 36.2 Å². The molecule has 1 aliphatic rings. The van der Waals surface area contributed by atoms with Crippen molar-refractivity contribution >= 4 is 23.7 Å². The van der Waals surface area contributed by atoms with Crippen LogP contribution in [0, 0.1) is 6.92 Å². The Morgan fingerprint density at radius 3 is 2.19 bits per heavy atom. The molecule has 0 aliphatic heterocycles. The number of carboxylic acids is 1. The van der Waals surface area contributed by atoms with E-state index in [1.165, 1.54) is 6.07 Å². The van der Waals surface area contributed by atoms with Crippen molar-refractivity contribution in [2.45, 2.75) is 12.8 Å². The lowest BCUT2D eigenvalue weighted by Gasteiger charge is -2.14. The van der Waals surface area contributed by atoms with E-state index in [0.29, 0.717) is 11.3 Å². The topological polar surface area (TPSA) is 105 Å². The number of benzene rings is 3. The van der Waals surface area contributed by atoms with Gasteiger partial charge in [-0.2, -0.15) is 0 Å². The average Bonchev–Trinajstić information content (AvgIpc) is 3.11. The average molecular weight is 430 g/mol. The number of hydrogen-bond acceptors (Lipinski definition) is 4. The summed E-state index contributed by atoms with van der Waals surface area (Å²) in [5, 5.41) is 14.2. The molecule has 0 spiro atoms. The lowest BCUT2D eigenvalue weighted by molar-refractivity contribution is -0.115. The number of fused-ring (bicyclic) bond motifs is 3. The van der Waals surface area contributed by atoms with Crippen LogP contribution >= 0.6 is 0 Å². The van der Waals surface area contributed by atoms with Gasteiger partial charge in [0, 0.05) is 11.6 Å². The monoisotopic (exact) mass is 430 g/mol. The number of aryl methyl sites for hydroxylation is 1. The predicted octanol–water partition coefficient (Wildman–Crippen LogP) is 4.17. The van der Waals surface area contributed by atoms with E-state index in [-0.39, 0.29) is 24.6 Å². The Hall–Kier alpha value is -4.13. The third-order valence-corrected chi connectivity index (χ3v) is 5.49. The second-order valence-corrected chi connectivity index (χ2v) is 7.56. The van der Waals surface area contributed by atoms with Crippen molar-refractivity contribution in [2.24, 2.45) is 0 Å². The molecule has 3 aromatic rings. The quantitative estimate of drug-likeness (QED) is 0.544. The Morgan fingerprint density at radius 1 is 0.938 bits per heavy atom. The van der Waals surface area contributed by atoms with Gasteiger partial charge >= 0.3 is 12.1 Å². The number of ether oxygens (including phenoxy) is 1. The van der Waals surface area contributed by atoms with Gasteiger partial charge in [-0.05, 0) is 46.9 Å². The smallest absolute Gasteiger partial charge is 0.407 e. The van der Waals surface area contributed by atoms with Gasteiger partial charge in [0.05, 0.1) is 5.56 Å². The van der Waals surface area contributed by atoms with Gasteiger partial charge < -0.3 is 20.5 Å². The molecular weight excluding hydrogens is 408 g/mol. The number of rotatable bonds is 6. The summed E-state index contributed by atoms with van der Waals surface area (Å²) in [7, 11) is 0. The third-order valence-electron chi connectivity index (χ3n) is 5.49. The molecule has 0 heterocycles. The molecule has 3 aromatic carbocycles. The van der Waals surface area contributed by atoms with Crippen LogP contribution in [0.15, 0.2) is 66.7 Å². The summed E-state index contributed by atoms with van der Waals surface area (Å²) in [6.07, 6.45) is -0.697. The second-order valence-electron chi connectivity index (χ2n) is 7.56. The fourth-order valence-corrected chi connectivity index (χ4v) is 3.94. The van der Waals surface area contributed by atoms with Crippen LogP contribution in [0.4, 0.5) is 10.5 Å². The number of anilines is 1. The SMILES string of the molecule is Cc1ccc(NC(=O)CNC(=O)OCC2c3ccccc3-c3ccccc32)cc1C(=O)O.